The predicted molar refractivity (Wildman–Crippen MR) is 117 cm³/mol. The highest BCUT2D eigenvalue weighted by Crippen LogP contribution is 2.36. The van der Waals surface area contributed by atoms with Crippen LogP contribution in [-0.4, -0.2) is 39.3 Å². The molecular formula is C20H24N4O2S2. The Morgan fingerprint density at radius 3 is 2.54 bits per heavy atom. The maximum absolute atomic E-state index is 12.8. The van der Waals surface area contributed by atoms with Gasteiger partial charge in [-0.1, -0.05) is 30.9 Å². The van der Waals surface area contributed by atoms with Crippen molar-refractivity contribution in [2.75, 3.05) is 24.5 Å². The minimum atomic E-state index is -0.295. The first-order valence-electron chi connectivity index (χ1n) is 9.54. The van der Waals surface area contributed by atoms with Crippen LogP contribution in [0, 0.1) is 18.3 Å². The number of nitrogens with zero attached hydrogens (tertiary/aromatic N) is 4. The Balaban J connectivity index is 2.18. The highest BCUT2D eigenvalue weighted by atomic mass is 32.2. The number of carbonyl (C=O) groups excluding carboxylic acids is 1. The van der Waals surface area contributed by atoms with Gasteiger partial charge in [0, 0.05) is 32.2 Å². The van der Waals surface area contributed by atoms with Gasteiger partial charge in [-0.3, -0.25) is 19.1 Å². The van der Waals surface area contributed by atoms with Crippen LogP contribution in [0.3, 0.4) is 0 Å². The number of piperidine rings is 1. The number of anilines is 1. The molecule has 148 valence electrons. The van der Waals surface area contributed by atoms with Gasteiger partial charge in [0.25, 0.3) is 11.5 Å². The van der Waals surface area contributed by atoms with Crippen LogP contribution in [0.25, 0.3) is 6.08 Å². The molecule has 2 fully saturated rings. The van der Waals surface area contributed by atoms with Crippen molar-refractivity contribution in [3.05, 3.63) is 31.9 Å². The molecule has 0 radical (unpaired) electrons. The standard InChI is InChI=1S/C20H24N4O2S2/c1-4-8-24-19(26)16(28-20(24)27)11-14-13(2)15(12-21)18(25)22(3)17(14)23-9-6-5-7-10-23/h11H,4-10H2,1-3H3/b16-11-. The molecule has 2 aliphatic rings. The SMILES string of the molecule is CCCN1C(=O)/C(=C/c2c(C)c(C#N)c(=O)n(C)c2N2CCCCC2)SC1=S. The van der Waals surface area contributed by atoms with Crippen LogP contribution < -0.4 is 10.5 Å². The Morgan fingerprint density at radius 2 is 1.93 bits per heavy atom. The first-order chi connectivity index (χ1) is 13.4. The minimum absolute atomic E-state index is 0.104. The third-order valence-electron chi connectivity index (χ3n) is 5.22. The molecule has 1 aromatic heterocycles. The van der Waals surface area contributed by atoms with E-state index in [9.17, 15) is 14.9 Å². The average Bonchev–Trinajstić information content (AvgIpc) is 2.95. The Kier molecular flexibility index (Phi) is 6.26. The van der Waals surface area contributed by atoms with Crippen LogP contribution in [0.1, 0.15) is 49.3 Å². The summed E-state index contributed by atoms with van der Waals surface area (Å²) < 4.78 is 2.11. The molecule has 8 heteroatoms. The van der Waals surface area contributed by atoms with Crippen molar-refractivity contribution < 1.29 is 4.79 Å². The average molecular weight is 417 g/mol. The summed E-state index contributed by atoms with van der Waals surface area (Å²) in [7, 11) is 1.70. The molecule has 2 saturated heterocycles. The van der Waals surface area contributed by atoms with Gasteiger partial charge in [-0.25, -0.2) is 0 Å². The molecule has 0 saturated carbocycles. The van der Waals surface area contributed by atoms with Crippen molar-refractivity contribution in [1.82, 2.24) is 9.47 Å². The molecule has 0 atom stereocenters. The second-order valence-corrected chi connectivity index (χ2v) is 8.77. The monoisotopic (exact) mass is 416 g/mol. The zero-order valence-electron chi connectivity index (χ0n) is 16.4. The normalized spacial score (nSPS) is 18.9. The molecule has 3 rings (SSSR count). The molecule has 0 N–H and O–H groups in total. The maximum Gasteiger partial charge on any atom is 0.270 e. The number of hydrogen-bond donors (Lipinski definition) is 0. The summed E-state index contributed by atoms with van der Waals surface area (Å²) in [6.45, 7) is 6.10. The zero-order valence-corrected chi connectivity index (χ0v) is 18.1. The Labute approximate surface area is 174 Å². The Hall–Kier alpha value is -2.11. The van der Waals surface area contributed by atoms with Crippen molar-refractivity contribution in [3.63, 3.8) is 0 Å². The number of hydrogen-bond acceptors (Lipinski definition) is 6. The Morgan fingerprint density at radius 1 is 1.25 bits per heavy atom. The number of thiocarbonyl (C=S) groups is 1. The predicted octanol–water partition coefficient (Wildman–Crippen LogP) is 3.17. The van der Waals surface area contributed by atoms with Gasteiger partial charge in [-0.2, -0.15) is 5.26 Å². The number of carbonyl (C=O) groups is 1. The van der Waals surface area contributed by atoms with Gasteiger partial charge in [0.1, 0.15) is 21.8 Å². The minimum Gasteiger partial charge on any atom is -0.357 e. The third-order valence-corrected chi connectivity index (χ3v) is 6.60. The Bertz CT molecular complexity index is 952. The summed E-state index contributed by atoms with van der Waals surface area (Å²) in [6, 6.07) is 2.04. The molecule has 0 unspecified atom stereocenters. The van der Waals surface area contributed by atoms with E-state index >= 15 is 0 Å². The van der Waals surface area contributed by atoms with E-state index in [1.165, 1.54) is 18.2 Å². The van der Waals surface area contributed by atoms with E-state index in [-0.39, 0.29) is 17.0 Å². The van der Waals surface area contributed by atoms with Gasteiger partial charge in [-0.15, -0.1) is 0 Å². The van der Waals surface area contributed by atoms with E-state index in [2.05, 4.69) is 4.90 Å². The first-order valence-corrected chi connectivity index (χ1v) is 10.8. The second kappa shape index (κ2) is 8.50. The summed E-state index contributed by atoms with van der Waals surface area (Å²) >= 11 is 6.66. The molecular weight excluding hydrogens is 392 g/mol. The van der Waals surface area contributed by atoms with Crippen LogP contribution in [0.4, 0.5) is 5.82 Å². The topological polar surface area (TPSA) is 69.3 Å². The summed E-state index contributed by atoms with van der Waals surface area (Å²) in [4.78, 5) is 29.9. The van der Waals surface area contributed by atoms with E-state index in [0.29, 0.717) is 21.3 Å². The van der Waals surface area contributed by atoms with Crippen LogP contribution in [0.15, 0.2) is 9.70 Å². The number of thioether (sulfide) groups is 1. The molecule has 1 amide bonds. The number of nitriles is 1. The molecule has 28 heavy (non-hydrogen) atoms. The highest BCUT2D eigenvalue weighted by Gasteiger charge is 2.32. The van der Waals surface area contributed by atoms with Gasteiger partial charge in [-0.05, 0) is 44.2 Å². The molecule has 1 aromatic rings. The quantitative estimate of drug-likeness (QED) is 0.555. The van der Waals surface area contributed by atoms with Gasteiger partial charge in [0.05, 0.1) is 4.91 Å². The molecule has 0 aromatic carbocycles. The van der Waals surface area contributed by atoms with Gasteiger partial charge >= 0.3 is 0 Å². The number of aromatic nitrogens is 1. The van der Waals surface area contributed by atoms with Crippen molar-refractivity contribution in [1.29, 1.82) is 5.26 Å². The number of rotatable bonds is 4. The zero-order chi connectivity index (χ0) is 20.4. The van der Waals surface area contributed by atoms with Crippen LogP contribution in [0.5, 0.6) is 0 Å². The maximum atomic E-state index is 12.8. The number of pyridine rings is 1. The molecule has 0 spiro atoms. The van der Waals surface area contributed by atoms with Crippen LogP contribution in [0.2, 0.25) is 0 Å². The fraction of sp³-hybridized carbons (Fsp3) is 0.500. The fourth-order valence-corrected chi connectivity index (χ4v) is 5.04. The lowest BCUT2D eigenvalue weighted by molar-refractivity contribution is -0.122. The lowest BCUT2D eigenvalue weighted by Gasteiger charge is -2.32. The summed E-state index contributed by atoms with van der Waals surface area (Å²) in [5, 5.41) is 9.52. The van der Waals surface area contributed by atoms with Crippen LogP contribution in [-0.2, 0) is 11.8 Å². The second-order valence-electron chi connectivity index (χ2n) is 7.09. The molecule has 0 bridgehead atoms. The summed E-state index contributed by atoms with van der Waals surface area (Å²) in [5.41, 5.74) is 1.21. The van der Waals surface area contributed by atoms with Crippen molar-refractivity contribution in [3.8, 4) is 6.07 Å². The smallest absolute Gasteiger partial charge is 0.270 e. The van der Waals surface area contributed by atoms with Gasteiger partial charge in [0.2, 0.25) is 0 Å². The van der Waals surface area contributed by atoms with E-state index in [1.54, 1.807) is 23.4 Å². The molecule has 3 heterocycles. The summed E-state index contributed by atoms with van der Waals surface area (Å²) in [6.07, 6.45) is 5.94. The van der Waals surface area contributed by atoms with E-state index in [0.717, 1.165) is 43.7 Å². The van der Waals surface area contributed by atoms with Crippen molar-refractivity contribution in [2.24, 2.45) is 7.05 Å². The van der Waals surface area contributed by atoms with E-state index in [1.807, 2.05) is 19.1 Å². The lowest BCUT2D eigenvalue weighted by atomic mass is 10.0. The van der Waals surface area contributed by atoms with Crippen molar-refractivity contribution in [2.45, 2.75) is 39.5 Å². The first kappa shape index (κ1) is 20.6. The largest absolute Gasteiger partial charge is 0.357 e. The fourth-order valence-electron chi connectivity index (χ4n) is 3.75. The third kappa shape index (κ3) is 3.61. The summed E-state index contributed by atoms with van der Waals surface area (Å²) in [5.74, 6) is 0.676. The molecule has 0 aliphatic carbocycles. The molecule has 6 nitrogen and oxygen atoms in total. The van der Waals surface area contributed by atoms with Gasteiger partial charge < -0.3 is 4.90 Å². The van der Waals surface area contributed by atoms with E-state index in [4.69, 9.17) is 12.2 Å². The van der Waals surface area contributed by atoms with Crippen molar-refractivity contribution >= 4 is 46.1 Å². The van der Waals surface area contributed by atoms with E-state index < -0.39 is 0 Å². The number of amides is 1. The highest BCUT2D eigenvalue weighted by molar-refractivity contribution is 8.26. The molecule has 2 aliphatic heterocycles. The van der Waals surface area contributed by atoms with Crippen LogP contribution >= 0.6 is 24.0 Å². The lowest BCUT2D eigenvalue weighted by Crippen LogP contribution is -2.36. The van der Waals surface area contributed by atoms with Gasteiger partial charge in [0.15, 0.2) is 0 Å².